The molecule has 2 aliphatic heterocycles. The van der Waals surface area contributed by atoms with E-state index in [1.165, 1.54) is 30.6 Å². The third kappa shape index (κ3) is 5.73. The number of nitriles is 1. The van der Waals surface area contributed by atoms with E-state index in [1.54, 1.807) is 0 Å². The lowest BCUT2D eigenvalue weighted by molar-refractivity contribution is -0.117. The molecule has 10 nitrogen and oxygen atoms in total. The molecular formula is C32H44N8O2S. The van der Waals surface area contributed by atoms with E-state index in [4.69, 9.17) is 26.2 Å². The van der Waals surface area contributed by atoms with E-state index in [0.717, 1.165) is 68.1 Å². The predicted molar refractivity (Wildman–Crippen MR) is 170 cm³/mol. The SMILES string of the molecule is CCC/C(C(=O)C1CCCc2sc(N)c(C#N)c21)=C(/N)c1nc(OCC2CCCN2C)cc(N2CCN(C)C3(CC3)C2)n1. The van der Waals surface area contributed by atoms with E-state index >= 15 is 0 Å². The summed E-state index contributed by atoms with van der Waals surface area (Å²) < 4.78 is 6.33. The largest absolute Gasteiger partial charge is 0.476 e. The molecule has 2 aromatic rings. The number of nitrogens with zero attached hydrogens (tertiary/aromatic N) is 6. The van der Waals surface area contributed by atoms with Crippen LogP contribution in [0.3, 0.4) is 0 Å². The molecule has 6 rings (SSSR count). The van der Waals surface area contributed by atoms with Crippen LogP contribution in [-0.4, -0.2) is 84.0 Å². The Kier molecular flexibility index (Phi) is 8.37. The molecule has 2 aromatic heterocycles. The Morgan fingerprint density at radius 2 is 2.02 bits per heavy atom. The summed E-state index contributed by atoms with van der Waals surface area (Å²) in [6, 6.07) is 4.54. The van der Waals surface area contributed by atoms with Crippen molar-refractivity contribution in [2.45, 2.75) is 82.2 Å². The smallest absolute Gasteiger partial charge is 0.219 e. The fraction of sp³-hybridized carbons (Fsp3) is 0.625. The molecule has 1 spiro atoms. The highest BCUT2D eigenvalue weighted by atomic mass is 32.1. The molecule has 0 radical (unpaired) electrons. The molecule has 2 aliphatic carbocycles. The lowest BCUT2D eigenvalue weighted by atomic mass is 9.79. The first-order valence-corrected chi connectivity index (χ1v) is 16.6. The van der Waals surface area contributed by atoms with Crippen LogP contribution in [0.1, 0.15) is 86.0 Å². The van der Waals surface area contributed by atoms with Crippen molar-refractivity contribution in [2.24, 2.45) is 5.73 Å². The van der Waals surface area contributed by atoms with Crippen LogP contribution in [0, 0.1) is 11.3 Å². The molecule has 3 fully saturated rings. The van der Waals surface area contributed by atoms with E-state index in [0.29, 0.717) is 59.0 Å². The van der Waals surface area contributed by atoms with E-state index < -0.39 is 5.92 Å². The number of allylic oxidation sites excluding steroid dienone is 1. The number of fused-ring (bicyclic) bond motifs is 1. The van der Waals surface area contributed by atoms with Gasteiger partial charge in [0.1, 0.15) is 23.5 Å². The molecule has 230 valence electrons. The number of aryl methyl sites for hydroxylation is 1. The maximum Gasteiger partial charge on any atom is 0.219 e. The fourth-order valence-electron chi connectivity index (χ4n) is 7.12. The van der Waals surface area contributed by atoms with Crippen LogP contribution in [-0.2, 0) is 11.2 Å². The normalized spacial score (nSPS) is 24.0. The molecular weight excluding hydrogens is 560 g/mol. The molecule has 0 aromatic carbocycles. The van der Waals surface area contributed by atoms with Crippen molar-refractivity contribution in [1.82, 2.24) is 19.8 Å². The zero-order chi connectivity index (χ0) is 30.3. The minimum Gasteiger partial charge on any atom is -0.476 e. The summed E-state index contributed by atoms with van der Waals surface area (Å²) in [5, 5.41) is 10.4. The number of carbonyl (C=O) groups excluding carboxylic acids is 1. The first-order valence-electron chi connectivity index (χ1n) is 15.8. The van der Waals surface area contributed by atoms with Crippen LogP contribution >= 0.6 is 11.3 Å². The van der Waals surface area contributed by atoms with Crippen molar-refractivity contribution < 1.29 is 9.53 Å². The van der Waals surface area contributed by atoms with Gasteiger partial charge in [-0.05, 0) is 77.6 Å². The number of nitrogens with two attached hydrogens (primary N) is 2. The minimum absolute atomic E-state index is 0.0461. The second kappa shape index (κ2) is 12.1. The number of carbonyl (C=O) groups is 1. The number of nitrogen functional groups attached to an aromatic ring is 1. The Balaban J connectivity index is 1.37. The Morgan fingerprint density at radius 1 is 1.21 bits per heavy atom. The average molecular weight is 605 g/mol. The number of aromatic nitrogens is 2. The second-order valence-electron chi connectivity index (χ2n) is 12.8. The highest BCUT2D eigenvalue weighted by molar-refractivity contribution is 7.16. The molecule has 2 unspecified atom stereocenters. The first kappa shape index (κ1) is 29.9. The van der Waals surface area contributed by atoms with E-state index in [9.17, 15) is 10.1 Å². The number of likely N-dealkylation sites (tertiary alicyclic amines) is 1. The highest BCUT2D eigenvalue weighted by Crippen LogP contribution is 2.45. The van der Waals surface area contributed by atoms with Crippen LogP contribution in [0.5, 0.6) is 5.88 Å². The summed E-state index contributed by atoms with van der Waals surface area (Å²) in [5.74, 6) is 1.15. The van der Waals surface area contributed by atoms with Gasteiger partial charge >= 0.3 is 0 Å². The van der Waals surface area contributed by atoms with Gasteiger partial charge in [-0.1, -0.05) is 13.3 Å². The molecule has 2 atom stereocenters. The Hall–Kier alpha value is -3.20. The lowest BCUT2D eigenvalue weighted by Gasteiger charge is -2.40. The van der Waals surface area contributed by atoms with Crippen molar-refractivity contribution >= 4 is 33.6 Å². The van der Waals surface area contributed by atoms with Gasteiger partial charge in [0.05, 0.1) is 11.3 Å². The molecule has 2 saturated heterocycles. The van der Waals surface area contributed by atoms with Crippen LogP contribution in [0.2, 0.25) is 0 Å². The monoisotopic (exact) mass is 604 g/mol. The highest BCUT2D eigenvalue weighted by Gasteiger charge is 2.50. The maximum absolute atomic E-state index is 14.3. The van der Waals surface area contributed by atoms with Crippen LogP contribution < -0.4 is 21.1 Å². The number of likely N-dealkylation sites (N-methyl/N-ethyl adjacent to an activating group) is 2. The molecule has 11 heteroatoms. The maximum atomic E-state index is 14.3. The summed E-state index contributed by atoms with van der Waals surface area (Å²) in [5.41, 5.74) is 15.4. The van der Waals surface area contributed by atoms with Crippen molar-refractivity contribution in [3.8, 4) is 11.9 Å². The number of ether oxygens (including phenoxy) is 1. The summed E-state index contributed by atoms with van der Waals surface area (Å²) in [6.07, 6.45) is 8.28. The minimum atomic E-state index is -0.434. The predicted octanol–water partition coefficient (Wildman–Crippen LogP) is 3.91. The fourth-order valence-corrected chi connectivity index (χ4v) is 8.25. The van der Waals surface area contributed by atoms with E-state index in [2.05, 4.69) is 34.9 Å². The average Bonchev–Trinajstić information content (AvgIpc) is 3.53. The number of piperazine rings is 1. The number of ketones is 1. The molecule has 0 bridgehead atoms. The Bertz CT molecular complexity index is 1460. The first-order chi connectivity index (χ1) is 20.7. The number of thiophene rings is 1. The van der Waals surface area contributed by atoms with Gasteiger partial charge in [0.2, 0.25) is 5.88 Å². The molecule has 4 N–H and O–H groups in total. The molecule has 4 aliphatic rings. The Labute approximate surface area is 258 Å². The summed E-state index contributed by atoms with van der Waals surface area (Å²) in [4.78, 5) is 32.2. The topological polar surface area (TPSA) is 138 Å². The van der Waals surface area contributed by atoms with Gasteiger partial charge in [0.25, 0.3) is 0 Å². The van der Waals surface area contributed by atoms with Crippen molar-refractivity contribution in [3.63, 3.8) is 0 Å². The summed E-state index contributed by atoms with van der Waals surface area (Å²) >= 11 is 1.44. The quantitative estimate of drug-likeness (QED) is 0.405. The number of rotatable bonds is 9. The summed E-state index contributed by atoms with van der Waals surface area (Å²) in [6.45, 7) is 6.37. The summed E-state index contributed by atoms with van der Waals surface area (Å²) in [7, 11) is 4.34. The van der Waals surface area contributed by atoms with E-state index in [1.807, 2.05) is 13.0 Å². The van der Waals surface area contributed by atoms with Crippen molar-refractivity contribution in [1.29, 1.82) is 5.26 Å². The van der Waals surface area contributed by atoms with Gasteiger partial charge in [-0.2, -0.15) is 10.2 Å². The van der Waals surface area contributed by atoms with Gasteiger partial charge in [0.15, 0.2) is 11.6 Å². The number of anilines is 2. The van der Waals surface area contributed by atoms with Crippen LogP contribution in [0.15, 0.2) is 11.6 Å². The van der Waals surface area contributed by atoms with Crippen molar-refractivity contribution in [2.75, 3.05) is 57.5 Å². The van der Waals surface area contributed by atoms with Gasteiger partial charge in [-0.25, -0.2) is 4.98 Å². The van der Waals surface area contributed by atoms with Crippen LogP contribution in [0.25, 0.3) is 5.70 Å². The number of hydrogen-bond donors (Lipinski definition) is 2. The number of hydrogen-bond acceptors (Lipinski definition) is 11. The lowest BCUT2D eigenvalue weighted by Crippen LogP contribution is -2.53. The standard InChI is InChI=1S/C32H44N8O2S/c1-4-7-22(29(41)21-9-5-10-24-27(21)23(17-33)30(35)43-24)28(34)31-36-25(40-15-14-39(3)32(19-40)11-12-32)16-26(37-31)42-18-20-8-6-13-38(20)2/h16,20-21H,4-15,18-19,34-35H2,1-3H3/b28-22-. The van der Waals surface area contributed by atoms with Gasteiger partial charge in [-0.3, -0.25) is 9.69 Å². The molecule has 0 amide bonds. The van der Waals surface area contributed by atoms with E-state index in [-0.39, 0.29) is 11.3 Å². The number of Topliss-reactive ketones (excluding diaryl/α,β-unsaturated/α-hetero) is 1. The third-order valence-corrected chi connectivity index (χ3v) is 11.1. The molecule has 4 heterocycles. The third-order valence-electron chi connectivity index (χ3n) is 10.0. The zero-order valence-electron chi connectivity index (χ0n) is 25.7. The Morgan fingerprint density at radius 3 is 2.72 bits per heavy atom. The van der Waals surface area contributed by atoms with Gasteiger partial charge in [0, 0.05) is 53.6 Å². The second-order valence-corrected chi connectivity index (χ2v) is 13.9. The van der Waals surface area contributed by atoms with Gasteiger partial charge < -0.3 is 26.0 Å². The van der Waals surface area contributed by atoms with Gasteiger partial charge in [-0.15, -0.1) is 11.3 Å². The zero-order valence-corrected chi connectivity index (χ0v) is 26.5. The van der Waals surface area contributed by atoms with Crippen LogP contribution in [0.4, 0.5) is 10.8 Å². The molecule has 43 heavy (non-hydrogen) atoms. The van der Waals surface area contributed by atoms with Crippen molar-refractivity contribution in [3.05, 3.63) is 33.5 Å². The molecule has 1 saturated carbocycles.